The lowest BCUT2D eigenvalue weighted by atomic mass is 10.0. The third kappa shape index (κ3) is 3.84. The van der Waals surface area contributed by atoms with Crippen molar-refractivity contribution in [2.24, 2.45) is 0 Å². The monoisotopic (exact) mass is 401 g/mol. The van der Waals surface area contributed by atoms with E-state index in [4.69, 9.17) is 4.42 Å². The summed E-state index contributed by atoms with van der Waals surface area (Å²) in [7, 11) is 0. The van der Waals surface area contributed by atoms with Gasteiger partial charge in [0, 0.05) is 11.3 Å². The highest BCUT2D eigenvalue weighted by Gasteiger charge is 2.34. The lowest BCUT2D eigenvalue weighted by Gasteiger charge is -2.37. The Morgan fingerprint density at radius 1 is 0.900 bits per heavy atom. The van der Waals surface area contributed by atoms with Crippen molar-refractivity contribution in [1.82, 2.24) is 20.2 Å². The zero-order valence-corrected chi connectivity index (χ0v) is 16.8. The number of quaternary nitrogens is 1. The van der Waals surface area contributed by atoms with E-state index >= 15 is 0 Å². The highest BCUT2D eigenvalue weighted by molar-refractivity contribution is 5.46. The molecule has 1 N–H and O–H groups in total. The Bertz CT molecular complexity index is 1040. The molecule has 0 saturated carbocycles. The van der Waals surface area contributed by atoms with Crippen LogP contribution in [0.1, 0.15) is 23.2 Å². The maximum absolute atomic E-state index is 5.53. The summed E-state index contributed by atoms with van der Waals surface area (Å²) in [5.74, 6) is 1.72. The van der Waals surface area contributed by atoms with Gasteiger partial charge in [-0.25, -0.2) is 4.68 Å². The SMILES string of the molecule is c1ccc([C@@H](c2nnnn2Cc2ccco2)[NH+]2CCN(c3ccccc3)CC2)cc1. The largest absolute Gasteiger partial charge is 0.467 e. The first-order valence-corrected chi connectivity index (χ1v) is 10.4. The van der Waals surface area contributed by atoms with Crippen LogP contribution in [-0.2, 0) is 6.54 Å². The maximum atomic E-state index is 5.53. The van der Waals surface area contributed by atoms with Crippen molar-refractivity contribution in [3.05, 3.63) is 96.2 Å². The molecule has 30 heavy (non-hydrogen) atoms. The number of piperazine rings is 1. The highest BCUT2D eigenvalue weighted by Crippen LogP contribution is 2.19. The molecule has 0 bridgehead atoms. The lowest BCUT2D eigenvalue weighted by molar-refractivity contribution is -0.927. The fourth-order valence-corrected chi connectivity index (χ4v) is 4.27. The second-order valence-corrected chi connectivity index (χ2v) is 7.60. The van der Waals surface area contributed by atoms with E-state index in [1.54, 1.807) is 6.26 Å². The predicted molar refractivity (Wildman–Crippen MR) is 113 cm³/mol. The van der Waals surface area contributed by atoms with Gasteiger partial charge in [0.15, 0.2) is 6.04 Å². The highest BCUT2D eigenvalue weighted by atomic mass is 16.3. The van der Waals surface area contributed by atoms with Crippen LogP contribution in [0.2, 0.25) is 0 Å². The molecule has 1 aliphatic heterocycles. The van der Waals surface area contributed by atoms with Crippen molar-refractivity contribution in [1.29, 1.82) is 0 Å². The normalized spacial score (nSPS) is 15.9. The first kappa shape index (κ1) is 18.6. The van der Waals surface area contributed by atoms with Gasteiger partial charge in [-0.1, -0.05) is 48.5 Å². The Kier molecular flexibility index (Phi) is 5.26. The summed E-state index contributed by atoms with van der Waals surface area (Å²) < 4.78 is 7.39. The average Bonchev–Trinajstić information content (AvgIpc) is 3.49. The van der Waals surface area contributed by atoms with Gasteiger partial charge in [-0.3, -0.25) is 0 Å². The predicted octanol–water partition coefficient (Wildman–Crippen LogP) is 1.81. The molecule has 1 aliphatic rings. The summed E-state index contributed by atoms with van der Waals surface area (Å²) in [6, 6.07) is 25.1. The molecule has 0 amide bonds. The molecule has 4 aromatic rings. The smallest absolute Gasteiger partial charge is 0.214 e. The second kappa shape index (κ2) is 8.51. The number of furan rings is 1. The van der Waals surface area contributed by atoms with E-state index in [0.29, 0.717) is 6.54 Å². The van der Waals surface area contributed by atoms with E-state index < -0.39 is 0 Å². The standard InChI is InChI=1S/C23H24N6O/c1-3-8-19(9-4-1)22(23-24-25-26-29(23)18-21-12-7-17-30-21)28-15-13-27(14-16-28)20-10-5-2-6-11-20/h1-12,17,22H,13-16,18H2/p+1/t22-/m0/s1. The van der Waals surface area contributed by atoms with Gasteiger partial charge in [0.2, 0.25) is 5.82 Å². The Morgan fingerprint density at radius 2 is 1.63 bits per heavy atom. The molecule has 1 atom stereocenters. The van der Waals surface area contributed by atoms with E-state index in [0.717, 1.165) is 37.8 Å². The van der Waals surface area contributed by atoms with Gasteiger partial charge in [0.05, 0.1) is 32.4 Å². The summed E-state index contributed by atoms with van der Waals surface area (Å²) in [5, 5.41) is 12.7. The van der Waals surface area contributed by atoms with Crippen molar-refractivity contribution in [2.45, 2.75) is 12.6 Å². The Labute approximate surface area is 175 Å². The fraction of sp³-hybridized carbons (Fsp3) is 0.261. The first-order chi connectivity index (χ1) is 14.9. The number of hydrogen-bond donors (Lipinski definition) is 1. The third-order valence-corrected chi connectivity index (χ3v) is 5.77. The molecule has 2 aromatic heterocycles. The van der Waals surface area contributed by atoms with Crippen LogP contribution in [0.3, 0.4) is 0 Å². The van der Waals surface area contributed by atoms with Crippen LogP contribution in [0.5, 0.6) is 0 Å². The number of anilines is 1. The van der Waals surface area contributed by atoms with Gasteiger partial charge >= 0.3 is 0 Å². The molecular formula is C23H25N6O+. The molecule has 1 saturated heterocycles. The molecule has 5 rings (SSSR count). The Morgan fingerprint density at radius 3 is 2.33 bits per heavy atom. The zero-order valence-electron chi connectivity index (χ0n) is 16.8. The number of rotatable bonds is 6. The van der Waals surface area contributed by atoms with E-state index in [2.05, 4.69) is 81.1 Å². The number of nitrogens with one attached hydrogen (secondary N) is 1. The van der Waals surface area contributed by atoms with Crippen LogP contribution in [0.25, 0.3) is 0 Å². The molecule has 0 spiro atoms. The van der Waals surface area contributed by atoms with E-state index in [1.165, 1.54) is 16.2 Å². The summed E-state index contributed by atoms with van der Waals surface area (Å²) >= 11 is 0. The van der Waals surface area contributed by atoms with Crippen LogP contribution >= 0.6 is 0 Å². The summed E-state index contributed by atoms with van der Waals surface area (Å²) in [6.07, 6.45) is 1.68. The van der Waals surface area contributed by atoms with Crippen molar-refractivity contribution < 1.29 is 9.32 Å². The molecule has 0 unspecified atom stereocenters. The van der Waals surface area contributed by atoms with Gasteiger partial charge in [0.25, 0.3) is 0 Å². The van der Waals surface area contributed by atoms with Crippen LogP contribution in [0.15, 0.2) is 83.5 Å². The molecule has 0 aliphatic carbocycles. The number of aromatic nitrogens is 4. The molecule has 152 valence electrons. The van der Waals surface area contributed by atoms with Crippen molar-refractivity contribution in [2.75, 3.05) is 31.1 Å². The second-order valence-electron chi connectivity index (χ2n) is 7.60. The lowest BCUT2D eigenvalue weighted by Crippen LogP contribution is -3.15. The number of nitrogens with zero attached hydrogens (tertiary/aromatic N) is 5. The van der Waals surface area contributed by atoms with Crippen LogP contribution in [0, 0.1) is 0 Å². The number of tetrazole rings is 1. The van der Waals surface area contributed by atoms with Gasteiger partial charge in [-0.05, 0) is 34.7 Å². The van der Waals surface area contributed by atoms with Crippen molar-refractivity contribution in [3.63, 3.8) is 0 Å². The summed E-state index contributed by atoms with van der Waals surface area (Å²) in [6.45, 7) is 4.57. The minimum Gasteiger partial charge on any atom is -0.467 e. The summed E-state index contributed by atoms with van der Waals surface area (Å²) in [5.41, 5.74) is 2.52. The molecule has 7 nitrogen and oxygen atoms in total. The summed E-state index contributed by atoms with van der Waals surface area (Å²) in [4.78, 5) is 3.93. The molecule has 7 heteroatoms. The van der Waals surface area contributed by atoms with Crippen molar-refractivity contribution >= 4 is 5.69 Å². The Hall–Kier alpha value is -3.45. The Balaban J connectivity index is 1.41. The molecule has 2 aromatic carbocycles. The van der Waals surface area contributed by atoms with E-state index in [1.807, 2.05) is 16.8 Å². The van der Waals surface area contributed by atoms with Gasteiger partial charge < -0.3 is 14.2 Å². The molecule has 1 fully saturated rings. The van der Waals surface area contributed by atoms with Crippen LogP contribution < -0.4 is 9.80 Å². The van der Waals surface area contributed by atoms with Crippen molar-refractivity contribution in [3.8, 4) is 0 Å². The number of hydrogen-bond acceptors (Lipinski definition) is 5. The van der Waals surface area contributed by atoms with Crippen LogP contribution in [-0.4, -0.2) is 46.4 Å². The third-order valence-electron chi connectivity index (χ3n) is 5.77. The quantitative estimate of drug-likeness (QED) is 0.534. The molecular weight excluding hydrogens is 376 g/mol. The topological polar surface area (TPSA) is 64.4 Å². The minimum atomic E-state index is 0.0779. The first-order valence-electron chi connectivity index (χ1n) is 10.4. The van der Waals surface area contributed by atoms with Crippen LogP contribution in [0.4, 0.5) is 5.69 Å². The van der Waals surface area contributed by atoms with E-state index in [-0.39, 0.29) is 6.04 Å². The van der Waals surface area contributed by atoms with Gasteiger partial charge in [-0.2, -0.15) is 0 Å². The number of benzene rings is 2. The van der Waals surface area contributed by atoms with E-state index in [9.17, 15) is 0 Å². The van der Waals surface area contributed by atoms with Gasteiger partial charge in [-0.15, -0.1) is 5.10 Å². The van der Waals surface area contributed by atoms with Gasteiger partial charge in [0.1, 0.15) is 12.3 Å². The fourth-order valence-electron chi connectivity index (χ4n) is 4.27. The molecule has 0 radical (unpaired) electrons. The minimum absolute atomic E-state index is 0.0779. The maximum Gasteiger partial charge on any atom is 0.214 e. The zero-order chi connectivity index (χ0) is 20.2. The molecule has 3 heterocycles. The average molecular weight is 401 g/mol. The number of para-hydroxylation sites is 1.